The number of hydrogen-bond acceptors (Lipinski definition) is 2. The molecule has 0 heterocycles. The number of ether oxygens (including phenoxy) is 1. The van der Waals surface area contributed by atoms with Crippen molar-refractivity contribution in [2.24, 2.45) is 23.5 Å². The maximum Gasteiger partial charge on any atom is 0.0752 e. The van der Waals surface area contributed by atoms with Gasteiger partial charge in [0.2, 0.25) is 0 Å². The molecule has 0 aromatic rings. The fraction of sp³-hybridized carbons (Fsp3) is 1.00. The average Bonchev–Trinajstić information content (AvgIpc) is 2.49. The Kier molecular flexibility index (Phi) is 6.15. The molecule has 0 aliphatic heterocycles. The Bertz CT molecular complexity index is 250. The van der Waals surface area contributed by atoms with E-state index in [9.17, 15) is 0 Å². The van der Waals surface area contributed by atoms with Gasteiger partial charge in [-0.1, -0.05) is 45.4 Å². The Hall–Kier alpha value is -0.0800. The molecule has 0 bridgehead atoms. The first-order valence-electron chi connectivity index (χ1n) is 8.54. The Morgan fingerprint density at radius 1 is 1.00 bits per heavy atom. The molecule has 19 heavy (non-hydrogen) atoms. The van der Waals surface area contributed by atoms with Crippen molar-refractivity contribution in [3.63, 3.8) is 0 Å². The molecule has 0 radical (unpaired) electrons. The summed E-state index contributed by atoms with van der Waals surface area (Å²) in [6.45, 7) is 2.33. The lowest BCUT2D eigenvalue weighted by Gasteiger charge is -2.39. The quantitative estimate of drug-likeness (QED) is 0.813. The summed E-state index contributed by atoms with van der Waals surface area (Å²) in [5, 5.41) is 0. The van der Waals surface area contributed by atoms with Crippen LogP contribution in [0.3, 0.4) is 0 Å². The molecule has 0 spiro atoms. The third-order valence-electron chi connectivity index (χ3n) is 5.71. The molecule has 0 amide bonds. The molecule has 2 nitrogen and oxygen atoms in total. The molecule has 4 unspecified atom stereocenters. The molecule has 2 heteroatoms. The van der Waals surface area contributed by atoms with Gasteiger partial charge in [-0.2, -0.15) is 0 Å². The highest BCUT2D eigenvalue weighted by molar-refractivity contribution is 4.89. The van der Waals surface area contributed by atoms with Gasteiger partial charge in [-0.05, 0) is 43.4 Å². The lowest BCUT2D eigenvalue weighted by molar-refractivity contribution is -0.00469. The second kappa shape index (κ2) is 7.64. The maximum absolute atomic E-state index is 6.63. The van der Waals surface area contributed by atoms with Crippen molar-refractivity contribution in [1.82, 2.24) is 0 Å². The summed E-state index contributed by atoms with van der Waals surface area (Å²) >= 11 is 0. The van der Waals surface area contributed by atoms with Crippen LogP contribution in [-0.4, -0.2) is 19.3 Å². The minimum atomic E-state index is 0.266. The van der Waals surface area contributed by atoms with Crippen molar-refractivity contribution < 1.29 is 4.74 Å². The Labute approximate surface area is 119 Å². The van der Waals surface area contributed by atoms with Crippen LogP contribution in [0.4, 0.5) is 0 Å². The molecular formula is C17H33NO. The van der Waals surface area contributed by atoms with Gasteiger partial charge in [-0.3, -0.25) is 0 Å². The van der Waals surface area contributed by atoms with Crippen LogP contribution in [0.15, 0.2) is 0 Å². The van der Waals surface area contributed by atoms with Crippen molar-refractivity contribution >= 4 is 0 Å². The Morgan fingerprint density at radius 2 is 1.68 bits per heavy atom. The van der Waals surface area contributed by atoms with Gasteiger partial charge in [0.1, 0.15) is 0 Å². The van der Waals surface area contributed by atoms with Crippen LogP contribution >= 0.6 is 0 Å². The van der Waals surface area contributed by atoms with Gasteiger partial charge < -0.3 is 10.5 Å². The van der Waals surface area contributed by atoms with Crippen LogP contribution in [0.5, 0.6) is 0 Å². The van der Waals surface area contributed by atoms with Crippen LogP contribution in [0.1, 0.15) is 71.1 Å². The highest BCUT2D eigenvalue weighted by Crippen LogP contribution is 2.37. The van der Waals surface area contributed by atoms with Crippen molar-refractivity contribution in [3.05, 3.63) is 0 Å². The van der Waals surface area contributed by atoms with E-state index in [1.165, 1.54) is 64.2 Å². The predicted molar refractivity (Wildman–Crippen MR) is 81.1 cm³/mol. The normalized spacial score (nSPS) is 33.0. The van der Waals surface area contributed by atoms with Crippen LogP contribution in [0.2, 0.25) is 0 Å². The van der Waals surface area contributed by atoms with E-state index in [2.05, 4.69) is 6.92 Å². The molecule has 2 aliphatic rings. The third-order valence-corrected chi connectivity index (χ3v) is 5.71. The highest BCUT2D eigenvalue weighted by Gasteiger charge is 2.35. The maximum atomic E-state index is 6.63. The van der Waals surface area contributed by atoms with E-state index in [1.807, 2.05) is 7.11 Å². The summed E-state index contributed by atoms with van der Waals surface area (Å²) < 4.78 is 5.85. The summed E-state index contributed by atoms with van der Waals surface area (Å²) in [5.41, 5.74) is 6.63. The molecule has 2 fully saturated rings. The van der Waals surface area contributed by atoms with E-state index in [4.69, 9.17) is 10.5 Å². The molecule has 0 aromatic carbocycles. The van der Waals surface area contributed by atoms with E-state index in [-0.39, 0.29) is 6.04 Å². The fourth-order valence-corrected chi connectivity index (χ4v) is 4.45. The zero-order valence-corrected chi connectivity index (χ0v) is 12.9. The molecule has 2 rings (SSSR count). The molecule has 0 saturated heterocycles. The van der Waals surface area contributed by atoms with Gasteiger partial charge in [0.15, 0.2) is 0 Å². The van der Waals surface area contributed by atoms with Gasteiger partial charge in [0.25, 0.3) is 0 Å². The molecule has 2 saturated carbocycles. The fourth-order valence-electron chi connectivity index (χ4n) is 4.45. The number of rotatable bonds is 5. The van der Waals surface area contributed by atoms with Crippen LogP contribution in [0.25, 0.3) is 0 Å². The predicted octanol–water partition coefficient (Wildman–Crippen LogP) is 4.13. The Balaban J connectivity index is 1.92. The molecular weight excluding hydrogens is 234 g/mol. The van der Waals surface area contributed by atoms with E-state index in [0.29, 0.717) is 12.0 Å². The first kappa shape index (κ1) is 15.3. The SMILES string of the molecule is CCC1CCCC(C(N)C(OC)C2CCCCC2)C1. The monoisotopic (exact) mass is 267 g/mol. The van der Waals surface area contributed by atoms with Crippen LogP contribution < -0.4 is 5.73 Å². The molecule has 0 aromatic heterocycles. The second-order valence-electron chi connectivity index (χ2n) is 6.88. The summed E-state index contributed by atoms with van der Waals surface area (Å²) in [6, 6.07) is 0.266. The van der Waals surface area contributed by atoms with E-state index >= 15 is 0 Å². The lowest BCUT2D eigenvalue weighted by Crippen LogP contribution is -2.48. The number of methoxy groups -OCH3 is 1. The summed E-state index contributed by atoms with van der Waals surface area (Å²) in [7, 11) is 1.87. The van der Waals surface area contributed by atoms with Crippen molar-refractivity contribution in [2.75, 3.05) is 7.11 Å². The van der Waals surface area contributed by atoms with Crippen LogP contribution in [-0.2, 0) is 4.74 Å². The average molecular weight is 267 g/mol. The topological polar surface area (TPSA) is 35.2 Å². The first-order valence-corrected chi connectivity index (χ1v) is 8.54. The largest absolute Gasteiger partial charge is 0.380 e. The third kappa shape index (κ3) is 3.95. The summed E-state index contributed by atoms with van der Waals surface area (Å²) in [5.74, 6) is 2.33. The Morgan fingerprint density at radius 3 is 2.32 bits per heavy atom. The molecule has 2 N–H and O–H groups in total. The molecule has 112 valence electrons. The van der Waals surface area contributed by atoms with E-state index in [0.717, 1.165) is 11.8 Å². The highest BCUT2D eigenvalue weighted by atomic mass is 16.5. The van der Waals surface area contributed by atoms with Gasteiger partial charge in [0, 0.05) is 13.2 Å². The molecule has 2 aliphatic carbocycles. The lowest BCUT2D eigenvalue weighted by atomic mass is 9.72. The van der Waals surface area contributed by atoms with Crippen molar-refractivity contribution in [1.29, 1.82) is 0 Å². The zero-order valence-electron chi connectivity index (χ0n) is 12.9. The van der Waals surface area contributed by atoms with E-state index < -0.39 is 0 Å². The van der Waals surface area contributed by atoms with Gasteiger partial charge in [-0.15, -0.1) is 0 Å². The minimum Gasteiger partial charge on any atom is -0.380 e. The standard InChI is InChI=1S/C17H33NO/c1-3-13-8-7-11-15(12-13)16(18)17(19-2)14-9-5-4-6-10-14/h13-17H,3-12,18H2,1-2H3. The van der Waals surface area contributed by atoms with Crippen molar-refractivity contribution in [2.45, 2.75) is 83.3 Å². The second-order valence-corrected chi connectivity index (χ2v) is 6.88. The first-order chi connectivity index (χ1) is 9.26. The number of hydrogen-bond donors (Lipinski definition) is 1. The zero-order chi connectivity index (χ0) is 13.7. The summed E-state index contributed by atoms with van der Waals surface area (Å²) in [4.78, 5) is 0. The minimum absolute atomic E-state index is 0.266. The van der Waals surface area contributed by atoms with E-state index in [1.54, 1.807) is 0 Å². The van der Waals surface area contributed by atoms with Gasteiger partial charge >= 0.3 is 0 Å². The van der Waals surface area contributed by atoms with Gasteiger partial charge in [-0.25, -0.2) is 0 Å². The number of nitrogens with two attached hydrogens (primary N) is 1. The van der Waals surface area contributed by atoms with Gasteiger partial charge in [0.05, 0.1) is 6.10 Å². The van der Waals surface area contributed by atoms with Crippen molar-refractivity contribution in [3.8, 4) is 0 Å². The summed E-state index contributed by atoms with van der Waals surface area (Å²) in [6.07, 6.45) is 13.9. The smallest absolute Gasteiger partial charge is 0.0752 e. The molecule has 4 atom stereocenters. The van der Waals surface area contributed by atoms with Crippen LogP contribution in [0, 0.1) is 17.8 Å².